The summed E-state index contributed by atoms with van der Waals surface area (Å²) >= 11 is 0. The van der Waals surface area contributed by atoms with Crippen molar-refractivity contribution in [2.45, 2.75) is 296 Å². The van der Waals surface area contributed by atoms with Crippen LogP contribution in [0, 0.1) is 0 Å². The van der Waals surface area contributed by atoms with Gasteiger partial charge in [0.25, 0.3) is 0 Å². The number of carbonyl (C=O) groups excluding carboxylic acids is 2. The van der Waals surface area contributed by atoms with Crippen molar-refractivity contribution in [3.05, 3.63) is 109 Å². The van der Waals surface area contributed by atoms with Crippen LogP contribution in [0.3, 0.4) is 0 Å². The Kier molecular flexibility index (Phi) is 62.1. The third-order valence-corrected chi connectivity index (χ3v) is 14.9. The summed E-state index contributed by atoms with van der Waals surface area (Å²) in [6, 6.07) is 0. The number of ether oxygens (including phenoxy) is 2. The molecule has 0 rings (SSSR count). The zero-order chi connectivity index (χ0) is 58.0. The van der Waals surface area contributed by atoms with Gasteiger partial charge in [-0.05, 0) is 83.5 Å². The van der Waals surface area contributed by atoms with E-state index in [1.54, 1.807) is 0 Å². The number of esters is 2. The van der Waals surface area contributed by atoms with E-state index >= 15 is 0 Å². The van der Waals surface area contributed by atoms with E-state index in [4.69, 9.17) is 24.3 Å². The summed E-state index contributed by atoms with van der Waals surface area (Å²) < 4.78 is 33.1. The first-order chi connectivity index (χ1) is 39.3. The maximum absolute atomic E-state index is 12.7. The lowest BCUT2D eigenvalue weighted by atomic mass is 10.0. The average molecular weight is 1140 g/mol. The number of hydrogen-bond donors (Lipinski definition) is 2. The van der Waals surface area contributed by atoms with Gasteiger partial charge >= 0.3 is 19.8 Å². The van der Waals surface area contributed by atoms with E-state index in [-0.39, 0.29) is 38.6 Å². The highest BCUT2D eigenvalue weighted by atomic mass is 31.2. The van der Waals surface area contributed by atoms with Gasteiger partial charge in [-0.25, -0.2) is 4.57 Å². The summed E-state index contributed by atoms with van der Waals surface area (Å²) in [5.74, 6) is -0.846. The Morgan fingerprint density at radius 1 is 0.388 bits per heavy atom. The first kappa shape index (κ1) is 76.7. The molecule has 0 aliphatic carbocycles. The molecule has 0 fully saturated rings. The molecule has 0 saturated carbocycles. The van der Waals surface area contributed by atoms with Crippen molar-refractivity contribution in [3.8, 4) is 0 Å². The molecule has 0 aliphatic rings. The number of allylic oxidation sites excluding steroid dienone is 18. The predicted octanol–water partition coefficient (Wildman–Crippen LogP) is 21.4. The zero-order valence-electron chi connectivity index (χ0n) is 51.5. The number of rotatable bonds is 61. The van der Waals surface area contributed by atoms with Gasteiger partial charge in [-0.2, -0.15) is 0 Å². The average Bonchev–Trinajstić information content (AvgIpc) is 3.45. The van der Waals surface area contributed by atoms with E-state index in [1.165, 1.54) is 148 Å². The van der Waals surface area contributed by atoms with E-state index in [1.807, 2.05) is 0 Å². The lowest BCUT2D eigenvalue weighted by Gasteiger charge is -2.19. The summed E-state index contributed by atoms with van der Waals surface area (Å²) in [7, 11) is -4.40. The maximum atomic E-state index is 12.7. The lowest BCUT2D eigenvalue weighted by molar-refractivity contribution is -0.161. The summed E-state index contributed by atoms with van der Waals surface area (Å²) in [4.78, 5) is 35.3. The van der Waals surface area contributed by atoms with Crippen molar-refractivity contribution in [1.29, 1.82) is 0 Å². The molecule has 2 atom stereocenters. The number of phosphoric acid groups is 1. The fourth-order valence-electron chi connectivity index (χ4n) is 9.10. The van der Waals surface area contributed by atoms with Gasteiger partial charge < -0.3 is 20.1 Å². The Labute approximate surface area is 492 Å². The fraction of sp³-hybridized carbons (Fsp3) is 0.714. The van der Waals surface area contributed by atoms with E-state index in [0.717, 1.165) is 109 Å². The molecule has 0 radical (unpaired) electrons. The molecule has 0 aromatic carbocycles. The molecule has 10 heteroatoms. The van der Waals surface area contributed by atoms with Crippen LogP contribution in [-0.4, -0.2) is 49.3 Å². The SMILES string of the molecule is CC/C=C\C/C=C\C/C=C\C/C=C\C/C=C\C/C=C\C/C=C\C/C=C\C/C=C\CCCCCCCC(=O)OC(COC(=O)CCCCCCCCCCCCCCCCCCCCCCCCCCCC)COP(=O)(O)OCCN. The molecule has 0 spiro atoms. The maximum Gasteiger partial charge on any atom is 0.472 e. The van der Waals surface area contributed by atoms with Crippen LogP contribution in [0.1, 0.15) is 290 Å². The van der Waals surface area contributed by atoms with Gasteiger partial charge in [0.05, 0.1) is 13.2 Å². The largest absolute Gasteiger partial charge is 0.472 e. The van der Waals surface area contributed by atoms with Gasteiger partial charge in [0.2, 0.25) is 0 Å². The van der Waals surface area contributed by atoms with Crippen molar-refractivity contribution >= 4 is 19.8 Å². The molecule has 0 bridgehead atoms. The Morgan fingerprint density at radius 2 is 0.688 bits per heavy atom. The molecule has 0 heterocycles. The second-order valence-corrected chi connectivity index (χ2v) is 23.1. The monoisotopic (exact) mass is 1140 g/mol. The highest BCUT2D eigenvalue weighted by Gasteiger charge is 2.26. The molecular formula is C70H122NO8P. The van der Waals surface area contributed by atoms with Crippen LogP contribution in [0.4, 0.5) is 0 Å². The van der Waals surface area contributed by atoms with E-state index in [0.29, 0.717) is 6.42 Å². The molecule has 460 valence electrons. The van der Waals surface area contributed by atoms with Crippen LogP contribution >= 0.6 is 7.82 Å². The third kappa shape index (κ3) is 63.8. The summed E-state index contributed by atoms with van der Waals surface area (Å²) in [5, 5.41) is 0. The fourth-order valence-corrected chi connectivity index (χ4v) is 9.87. The van der Waals surface area contributed by atoms with Gasteiger partial charge in [0.15, 0.2) is 6.10 Å². The number of phosphoric ester groups is 1. The first-order valence-electron chi connectivity index (χ1n) is 32.9. The van der Waals surface area contributed by atoms with Crippen LogP contribution in [0.25, 0.3) is 0 Å². The normalized spacial score (nSPS) is 13.7. The van der Waals surface area contributed by atoms with Crippen molar-refractivity contribution in [2.24, 2.45) is 5.73 Å². The van der Waals surface area contributed by atoms with Crippen LogP contribution in [0.2, 0.25) is 0 Å². The zero-order valence-corrected chi connectivity index (χ0v) is 52.4. The number of carbonyl (C=O) groups is 2. The summed E-state index contributed by atoms with van der Waals surface area (Å²) in [5.41, 5.74) is 5.39. The Balaban J connectivity index is 4.00. The highest BCUT2D eigenvalue weighted by Crippen LogP contribution is 2.43. The van der Waals surface area contributed by atoms with Crippen molar-refractivity contribution in [2.75, 3.05) is 26.4 Å². The van der Waals surface area contributed by atoms with Crippen LogP contribution in [0.5, 0.6) is 0 Å². The topological polar surface area (TPSA) is 134 Å². The Bertz CT molecular complexity index is 1680. The molecule has 0 saturated heterocycles. The Morgan fingerprint density at radius 3 is 1.02 bits per heavy atom. The third-order valence-electron chi connectivity index (χ3n) is 13.9. The molecule has 0 aliphatic heterocycles. The standard InChI is InChI=1S/C70H122NO8P/c1-3-5-7-9-11-13-15-17-19-21-23-25-27-29-31-32-33-34-35-36-37-39-41-43-45-47-49-51-53-55-57-59-61-63-70(73)79-68(67-78-80(74,75)77-65-64-71)66-76-69(72)62-60-58-56-54-52-50-48-46-44-42-40-38-30-28-26-24-22-20-18-16-14-12-10-8-6-4-2/h5,7,11,13,17,19,23,25,29,31,33-34,36-37,41,43,47,49,68H,3-4,6,8-10,12,14-16,18,20-22,24,26-28,30,32,35,38-40,42,44-46,48,50-67,71H2,1-2H3,(H,74,75)/b7-5-,13-11-,19-17-,25-23-,31-29-,34-33-,37-36-,43-41-,49-47-. The van der Waals surface area contributed by atoms with Crippen LogP contribution in [0.15, 0.2) is 109 Å². The highest BCUT2D eigenvalue weighted by molar-refractivity contribution is 7.47. The second-order valence-electron chi connectivity index (χ2n) is 21.6. The molecule has 0 amide bonds. The summed E-state index contributed by atoms with van der Waals surface area (Å²) in [6.45, 7) is 3.64. The van der Waals surface area contributed by atoms with E-state index in [9.17, 15) is 19.0 Å². The smallest absolute Gasteiger partial charge is 0.462 e. The van der Waals surface area contributed by atoms with Crippen LogP contribution < -0.4 is 5.73 Å². The predicted molar refractivity (Wildman–Crippen MR) is 344 cm³/mol. The minimum atomic E-state index is -4.40. The minimum Gasteiger partial charge on any atom is -0.462 e. The van der Waals surface area contributed by atoms with Crippen molar-refractivity contribution in [3.63, 3.8) is 0 Å². The van der Waals surface area contributed by atoms with Gasteiger partial charge in [-0.15, -0.1) is 0 Å². The van der Waals surface area contributed by atoms with Crippen molar-refractivity contribution in [1.82, 2.24) is 0 Å². The van der Waals surface area contributed by atoms with E-state index < -0.39 is 26.5 Å². The second kappa shape index (κ2) is 64.8. The molecule has 2 unspecified atom stereocenters. The molecule has 0 aromatic rings. The summed E-state index contributed by atoms with van der Waals surface area (Å²) in [6.07, 6.45) is 88.8. The lowest BCUT2D eigenvalue weighted by Crippen LogP contribution is -2.29. The van der Waals surface area contributed by atoms with Crippen molar-refractivity contribution < 1.29 is 37.6 Å². The van der Waals surface area contributed by atoms with Gasteiger partial charge in [-0.1, -0.05) is 303 Å². The quantitative estimate of drug-likeness (QED) is 0.0264. The molecular weight excluding hydrogens is 1010 g/mol. The number of unbranched alkanes of at least 4 members (excludes halogenated alkanes) is 30. The molecule has 3 N–H and O–H groups in total. The van der Waals surface area contributed by atoms with Gasteiger partial charge in [0, 0.05) is 19.4 Å². The Hall–Kier alpha value is -3.33. The van der Waals surface area contributed by atoms with Gasteiger partial charge in [-0.3, -0.25) is 18.6 Å². The number of hydrogen-bond acceptors (Lipinski definition) is 8. The first-order valence-corrected chi connectivity index (χ1v) is 34.4. The molecule has 9 nitrogen and oxygen atoms in total. The number of nitrogens with two attached hydrogens (primary N) is 1. The van der Waals surface area contributed by atoms with E-state index in [2.05, 4.69) is 123 Å². The van der Waals surface area contributed by atoms with Crippen LogP contribution in [-0.2, 0) is 32.7 Å². The van der Waals surface area contributed by atoms with Gasteiger partial charge in [0.1, 0.15) is 6.61 Å². The molecule has 80 heavy (non-hydrogen) atoms. The molecule has 0 aromatic heterocycles. The minimum absolute atomic E-state index is 0.0458.